The summed E-state index contributed by atoms with van der Waals surface area (Å²) in [5.74, 6) is 1.71. The third-order valence-corrected chi connectivity index (χ3v) is 9.47. The van der Waals surface area contributed by atoms with Crippen molar-refractivity contribution in [2.45, 2.75) is 39.2 Å². The minimum atomic E-state index is -3.53. The molecule has 1 fully saturated rings. The van der Waals surface area contributed by atoms with Crippen LogP contribution in [0.3, 0.4) is 0 Å². The molecule has 1 saturated heterocycles. The topological polar surface area (TPSA) is 124 Å². The number of piperidine rings is 1. The lowest BCUT2D eigenvalue weighted by Crippen LogP contribution is -2.40. The van der Waals surface area contributed by atoms with Gasteiger partial charge in [0.1, 0.15) is 11.6 Å². The summed E-state index contributed by atoms with van der Waals surface area (Å²) in [4.78, 5) is 2.10. The molecule has 0 saturated carbocycles. The number of anilines is 1. The maximum absolute atomic E-state index is 13.3. The van der Waals surface area contributed by atoms with Gasteiger partial charge in [0, 0.05) is 31.0 Å². The normalized spacial score (nSPS) is 18.4. The van der Waals surface area contributed by atoms with Gasteiger partial charge >= 0.3 is 0 Å². The number of likely N-dealkylation sites (tertiary alicyclic amines) is 1. The zero-order chi connectivity index (χ0) is 27.0. The number of rotatable bonds is 7. The molecular weight excluding hydrogens is 569 g/mol. The Bertz CT molecular complexity index is 1510. The first kappa shape index (κ1) is 31.5. The Kier molecular flexibility index (Phi) is 9.98. The minimum absolute atomic E-state index is 0. The van der Waals surface area contributed by atoms with Gasteiger partial charge < -0.3 is 15.4 Å². The van der Waals surface area contributed by atoms with Gasteiger partial charge in [-0.3, -0.25) is 15.1 Å². The second-order valence-corrected chi connectivity index (χ2v) is 12.4. The zero-order valence-corrected chi connectivity index (χ0v) is 25.2. The van der Waals surface area contributed by atoms with Crippen LogP contribution in [0.1, 0.15) is 49.4 Å². The van der Waals surface area contributed by atoms with E-state index in [0.29, 0.717) is 36.0 Å². The minimum Gasteiger partial charge on any atom is -0.493 e. The predicted molar refractivity (Wildman–Crippen MR) is 167 cm³/mol. The number of amidine groups is 2. The Morgan fingerprint density at radius 3 is 2.50 bits per heavy atom. The Balaban J connectivity index is 0.00000220. The number of fused-ring (bicyclic) bond motifs is 2. The van der Waals surface area contributed by atoms with Crippen LogP contribution in [0.5, 0.6) is 5.75 Å². The lowest BCUT2D eigenvalue weighted by atomic mass is 9.98. The van der Waals surface area contributed by atoms with Crippen molar-refractivity contribution >= 4 is 63.0 Å². The van der Waals surface area contributed by atoms with Gasteiger partial charge in [0.15, 0.2) is 0 Å². The van der Waals surface area contributed by atoms with E-state index in [0.717, 1.165) is 53.6 Å². The van der Waals surface area contributed by atoms with Crippen molar-refractivity contribution in [1.82, 2.24) is 4.90 Å². The smallest absolute Gasteiger partial charge is 0.235 e. The molecule has 4 N–H and O–H groups in total. The molecule has 0 aliphatic carbocycles. The fourth-order valence-electron chi connectivity index (χ4n) is 5.59. The fraction of sp³-hybridized carbons (Fsp3) is 0.379. The van der Waals surface area contributed by atoms with E-state index in [1.165, 1.54) is 0 Å². The predicted octanol–water partition coefficient (Wildman–Crippen LogP) is 5.51. The monoisotopic (exact) mass is 605 g/mol. The van der Waals surface area contributed by atoms with Crippen LogP contribution in [0.2, 0.25) is 0 Å². The lowest BCUT2D eigenvalue weighted by Gasteiger charge is -2.33. The van der Waals surface area contributed by atoms with Gasteiger partial charge in [0.05, 0.1) is 29.9 Å². The van der Waals surface area contributed by atoms with Crippen LogP contribution in [0.25, 0.3) is 10.8 Å². The Morgan fingerprint density at radius 1 is 1.05 bits per heavy atom. The Hall–Kier alpha value is -3.01. The van der Waals surface area contributed by atoms with Crippen LogP contribution in [-0.4, -0.2) is 50.4 Å². The summed E-state index contributed by atoms with van der Waals surface area (Å²) in [6.07, 6.45) is 2.68. The summed E-state index contributed by atoms with van der Waals surface area (Å²) in [6, 6.07) is 17.0. The molecule has 0 aromatic heterocycles. The van der Waals surface area contributed by atoms with E-state index in [2.05, 4.69) is 4.90 Å². The maximum Gasteiger partial charge on any atom is 0.235 e. The molecule has 3 aromatic carbocycles. The largest absolute Gasteiger partial charge is 0.493 e. The molecule has 11 heteroatoms. The number of halogens is 2. The van der Waals surface area contributed by atoms with E-state index >= 15 is 0 Å². The van der Waals surface area contributed by atoms with E-state index in [-0.39, 0.29) is 42.4 Å². The number of ether oxygens (including phenoxy) is 1. The van der Waals surface area contributed by atoms with E-state index in [9.17, 15) is 8.42 Å². The van der Waals surface area contributed by atoms with Crippen molar-refractivity contribution in [2.75, 3.05) is 29.8 Å². The zero-order valence-electron chi connectivity index (χ0n) is 22.7. The molecule has 0 spiro atoms. The second kappa shape index (κ2) is 12.7. The van der Waals surface area contributed by atoms with Crippen LogP contribution in [0.4, 0.5) is 5.69 Å². The van der Waals surface area contributed by atoms with Gasteiger partial charge in [0.25, 0.3) is 0 Å². The first-order valence-electron chi connectivity index (χ1n) is 13.1. The molecule has 2 unspecified atom stereocenters. The van der Waals surface area contributed by atoms with Gasteiger partial charge in [-0.25, -0.2) is 8.42 Å². The van der Waals surface area contributed by atoms with E-state index < -0.39 is 10.0 Å². The van der Waals surface area contributed by atoms with E-state index in [1.807, 2.05) is 61.5 Å². The molecule has 2 atom stereocenters. The molecule has 3 aromatic rings. The highest BCUT2D eigenvalue weighted by Crippen LogP contribution is 2.44. The molecule has 5 rings (SSSR count). The van der Waals surface area contributed by atoms with Crippen LogP contribution < -0.4 is 14.8 Å². The molecule has 0 amide bonds. The lowest BCUT2D eigenvalue weighted by molar-refractivity contribution is 0.174. The SMILES string of the molecule is CCS(=O)(=O)N1c2ccc(OCC3CCCN(C(C)=N)C3)cc2CC1c1ccc2ccc(C(=N)N)cc2c1.Cl.Cl. The molecule has 0 bridgehead atoms. The van der Waals surface area contributed by atoms with E-state index in [4.69, 9.17) is 21.3 Å². The van der Waals surface area contributed by atoms with Gasteiger partial charge in [-0.2, -0.15) is 0 Å². The Labute approximate surface area is 248 Å². The highest BCUT2D eigenvalue weighted by atomic mass is 35.5. The molecule has 2 aliphatic heterocycles. The number of hydrogen-bond donors (Lipinski definition) is 3. The molecule has 216 valence electrons. The summed E-state index contributed by atoms with van der Waals surface area (Å²) in [7, 11) is -3.53. The number of hydrogen-bond acceptors (Lipinski definition) is 5. The van der Waals surface area contributed by atoms with Crippen LogP contribution >= 0.6 is 24.8 Å². The van der Waals surface area contributed by atoms with Gasteiger partial charge in [-0.1, -0.05) is 24.3 Å². The van der Waals surface area contributed by atoms with Crippen molar-refractivity contribution in [3.05, 3.63) is 71.3 Å². The average molecular weight is 607 g/mol. The third kappa shape index (κ3) is 6.32. The summed E-state index contributed by atoms with van der Waals surface area (Å²) >= 11 is 0. The number of benzene rings is 3. The highest BCUT2D eigenvalue weighted by molar-refractivity contribution is 7.92. The van der Waals surface area contributed by atoms with Crippen LogP contribution in [0.15, 0.2) is 54.6 Å². The maximum atomic E-state index is 13.3. The van der Waals surface area contributed by atoms with Crippen molar-refractivity contribution in [3.63, 3.8) is 0 Å². The molecule has 8 nitrogen and oxygen atoms in total. The van der Waals surface area contributed by atoms with Crippen molar-refractivity contribution in [1.29, 1.82) is 10.8 Å². The third-order valence-electron chi connectivity index (χ3n) is 7.69. The highest BCUT2D eigenvalue weighted by Gasteiger charge is 2.38. The molecule has 2 aliphatic rings. The Morgan fingerprint density at radius 2 is 1.80 bits per heavy atom. The quantitative estimate of drug-likeness (QED) is 0.242. The van der Waals surface area contributed by atoms with Crippen molar-refractivity contribution in [3.8, 4) is 5.75 Å². The summed E-state index contributed by atoms with van der Waals surface area (Å²) in [5, 5.41) is 17.6. The number of nitrogens with one attached hydrogen (secondary N) is 2. The average Bonchev–Trinajstić information content (AvgIpc) is 3.31. The van der Waals surface area contributed by atoms with Crippen molar-refractivity contribution < 1.29 is 13.2 Å². The summed E-state index contributed by atoms with van der Waals surface area (Å²) < 4.78 is 34.3. The second-order valence-electron chi connectivity index (χ2n) is 10.3. The fourth-order valence-corrected chi connectivity index (χ4v) is 6.93. The molecule has 40 heavy (non-hydrogen) atoms. The van der Waals surface area contributed by atoms with Gasteiger partial charge in [0.2, 0.25) is 10.0 Å². The number of nitrogen functional groups attached to an aromatic ring is 1. The molecular formula is C29H37Cl2N5O3S. The van der Waals surface area contributed by atoms with Gasteiger partial charge in [-0.15, -0.1) is 24.8 Å². The standard InChI is InChI=1S/C29H35N5O3S.2ClH/c1-3-38(35,36)34-27-11-10-26(37-18-20-5-4-12-33(17-20)19(2)30)15-25(27)16-28(34)22-8-6-21-7-9-23(29(31)32)14-24(21)13-22;;/h6-11,13-15,20,28,30H,3-5,12,16-18H2,1-2H3,(H3,31,32);2*1H. The first-order chi connectivity index (χ1) is 18.2. The van der Waals surface area contributed by atoms with E-state index in [1.54, 1.807) is 11.2 Å². The number of sulfonamides is 1. The van der Waals surface area contributed by atoms with Crippen LogP contribution in [-0.2, 0) is 16.4 Å². The molecule has 0 radical (unpaired) electrons. The summed E-state index contributed by atoms with van der Waals surface area (Å²) in [6.45, 7) is 5.84. The molecule has 2 heterocycles. The first-order valence-corrected chi connectivity index (χ1v) is 14.7. The number of nitrogens with two attached hydrogens (primary N) is 1. The van der Waals surface area contributed by atoms with Gasteiger partial charge in [-0.05, 0) is 78.9 Å². The summed E-state index contributed by atoms with van der Waals surface area (Å²) in [5.41, 5.74) is 8.89. The van der Waals surface area contributed by atoms with Crippen LogP contribution in [0, 0.1) is 16.7 Å². The van der Waals surface area contributed by atoms with Crippen molar-refractivity contribution in [2.24, 2.45) is 11.7 Å². The number of nitrogens with zero attached hydrogens (tertiary/aromatic N) is 2.